The molecule has 3 aromatic rings. The number of hydrogen-bond acceptors (Lipinski definition) is 5. The van der Waals surface area contributed by atoms with E-state index in [4.69, 9.17) is 9.47 Å². The molecule has 0 aliphatic heterocycles. The molecule has 2 atom stereocenters. The molecule has 1 amide bonds. The Labute approximate surface area is 172 Å². The number of carbonyl (C=O) groups is 2. The largest absolute Gasteiger partial charge is 0.479 e. The van der Waals surface area contributed by atoms with Crippen molar-refractivity contribution in [1.29, 1.82) is 0 Å². The fraction of sp³-hybridized carbons (Fsp3) is 0.182. The molecule has 5 nitrogen and oxygen atoms in total. The van der Waals surface area contributed by atoms with Crippen LogP contribution in [0.15, 0.2) is 72.1 Å². The molecule has 7 heteroatoms. The van der Waals surface area contributed by atoms with Gasteiger partial charge in [-0.2, -0.15) is 0 Å². The number of benzene rings is 2. The molecule has 0 unspecified atom stereocenters. The van der Waals surface area contributed by atoms with E-state index in [1.54, 1.807) is 43.3 Å². The molecular formula is C22H20FNO4S. The second-order valence-corrected chi connectivity index (χ2v) is 7.23. The Bertz CT molecular complexity index is 929. The van der Waals surface area contributed by atoms with Gasteiger partial charge in [0.1, 0.15) is 11.6 Å². The number of thiophene rings is 1. The van der Waals surface area contributed by atoms with Gasteiger partial charge in [-0.05, 0) is 48.2 Å². The topological polar surface area (TPSA) is 64.6 Å². The van der Waals surface area contributed by atoms with Crippen molar-refractivity contribution >= 4 is 23.2 Å². The summed E-state index contributed by atoms with van der Waals surface area (Å²) in [6, 6.07) is 18.1. The Morgan fingerprint density at radius 1 is 1.03 bits per heavy atom. The monoisotopic (exact) mass is 413 g/mol. The van der Waals surface area contributed by atoms with E-state index in [-0.39, 0.29) is 5.82 Å². The zero-order chi connectivity index (χ0) is 20.6. The lowest BCUT2D eigenvalue weighted by molar-refractivity contribution is -0.154. The number of para-hydroxylation sites is 1. The summed E-state index contributed by atoms with van der Waals surface area (Å²) in [6.07, 6.45) is -0.851. The van der Waals surface area contributed by atoms with Crippen molar-refractivity contribution in [1.82, 2.24) is 5.32 Å². The number of rotatable bonds is 8. The lowest BCUT2D eigenvalue weighted by Gasteiger charge is -2.19. The zero-order valence-electron chi connectivity index (χ0n) is 15.7. The van der Waals surface area contributed by atoms with E-state index in [0.717, 1.165) is 10.4 Å². The van der Waals surface area contributed by atoms with Crippen molar-refractivity contribution in [2.24, 2.45) is 0 Å². The molecule has 0 bridgehead atoms. The van der Waals surface area contributed by atoms with Crippen molar-refractivity contribution in [3.63, 3.8) is 0 Å². The molecule has 0 saturated carbocycles. The molecule has 1 aromatic heterocycles. The minimum Gasteiger partial charge on any atom is -0.479 e. The first-order valence-corrected chi connectivity index (χ1v) is 9.87. The van der Waals surface area contributed by atoms with Crippen LogP contribution in [0.5, 0.6) is 5.75 Å². The average molecular weight is 413 g/mol. The number of hydrogen-bond donors (Lipinski definition) is 1. The van der Waals surface area contributed by atoms with Crippen LogP contribution in [0.1, 0.15) is 23.4 Å². The van der Waals surface area contributed by atoms with Crippen LogP contribution in [0.4, 0.5) is 4.39 Å². The standard InChI is InChI=1S/C22H20FNO4S/c1-15(28-18-6-3-2-4-7-18)22(26)27-14-20(25)24-21(19-8-5-13-29-19)16-9-11-17(23)12-10-16/h2-13,15,21H,14H2,1H3,(H,24,25)/t15-,21+/m1/s1. The second-order valence-electron chi connectivity index (χ2n) is 6.25. The third-order valence-electron chi connectivity index (χ3n) is 4.07. The average Bonchev–Trinajstić information content (AvgIpc) is 3.26. The van der Waals surface area contributed by atoms with E-state index >= 15 is 0 Å². The van der Waals surface area contributed by atoms with Gasteiger partial charge in [0.25, 0.3) is 5.91 Å². The van der Waals surface area contributed by atoms with Crippen LogP contribution in [0, 0.1) is 5.82 Å². The predicted molar refractivity (Wildman–Crippen MR) is 108 cm³/mol. The first-order valence-electron chi connectivity index (χ1n) is 8.99. The Morgan fingerprint density at radius 3 is 2.41 bits per heavy atom. The van der Waals surface area contributed by atoms with Gasteiger partial charge < -0.3 is 14.8 Å². The normalized spacial score (nSPS) is 12.6. The van der Waals surface area contributed by atoms with E-state index in [1.165, 1.54) is 23.5 Å². The predicted octanol–water partition coefficient (Wildman–Crippen LogP) is 4.10. The molecule has 1 N–H and O–H groups in total. The molecule has 0 spiro atoms. The SMILES string of the molecule is C[C@@H](Oc1ccccc1)C(=O)OCC(=O)N[C@@H](c1ccc(F)cc1)c1cccs1. The van der Waals surface area contributed by atoms with E-state index in [9.17, 15) is 14.0 Å². The molecular weight excluding hydrogens is 393 g/mol. The van der Waals surface area contributed by atoms with Gasteiger partial charge in [0.05, 0.1) is 6.04 Å². The summed E-state index contributed by atoms with van der Waals surface area (Å²) < 4.78 is 23.8. The van der Waals surface area contributed by atoms with Gasteiger partial charge in [-0.15, -0.1) is 11.3 Å². The van der Waals surface area contributed by atoms with Crippen molar-refractivity contribution in [2.75, 3.05) is 6.61 Å². The van der Waals surface area contributed by atoms with E-state index in [1.807, 2.05) is 23.6 Å². The van der Waals surface area contributed by atoms with Gasteiger partial charge in [0, 0.05) is 4.88 Å². The fourth-order valence-corrected chi connectivity index (χ4v) is 3.44. The van der Waals surface area contributed by atoms with E-state index in [0.29, 0.717) is 5.75 Å². The highest BCUT2D eigenvalue weighted by Gasteiger charge is 2.21. The highest BCUT2D eigenvalue weighted by Crippen LogP contribution is 2.26. The molecule has 0 saturated heterocycles. The summed E-state index contributed by atoms with van der Waals surface area (Å²) in [5.41, 5.74) is 0.731. The third-order valence-corrected chi connectivity index (χ3v) is 5.01. The van der Waals surface area contributed by atoms with Crippen LogP contribution >= 0.6 is 11.3 Å². The van der Waals surface area contributed by atoms with Crippen molar-refractivity contribution in [2.45, 2.75) is 19.1 Å². The van der Waals surface area contributed by atoms with E-state index < -0.39 is 30.6 Å². The minimum atomic E-state index is -0.851. The van der Waals surface area contributed by atoms with Crippen LogP contribution in [-0.2, 0) is 14.3 Å². The Kier molecular flexibility index (Phi) is 6.97. The van der Waals surface area contributed by atoms with Gasteiger partial charge in [-0.25, -0.2) is 9.18 Å². The lowest BCUT2D eigenvalue weighted by Crippen LogP contribution is -2.35. The van der Waals surface area contributed by atoms with Gasteiger partial charge in [-0.1, -0.05) is 36.4 Å². The highest BCUT2D eigenvalue weighted by atomic mass is 32.1. The Balaban J connectivity index is 1.57. The van der Waals surface area contributed by atoms with Gasteiger partial charge in [0.15, 0.2) is 12.7 Å². The number of halogens is 1. The third kappa shape index (κ3) is 5.89. The number of nitrogens with one attached hydrogen (secondary N) is 1. The highest BCUT2D eigenvalue weighted by molar-refractivity contribution is 7.10. The van der Waals surface area contributed by atoms with Crippen molar-refractivity contribution < 1.29 is 23.5 Å². The zero-order valence-corrected chi connectivity index (χ0v) is 16.5. The van der Waals surface area contributed by atoms with Crippen LogP contribution in [0.2, 0.25) is 0 Å². The number of esters is 1. The molecule has 3 rings (SSSR count). The fourth-order valence-electron chi connectivity index (χ4n) is 2.64. The van der Waals surface area contributed by atoms with Gasteiger partial charge >= 0.3 is 5.97 Å². The summed E-state index contributed by atoms with van der Waals surface area (Å²) in [4.78, 5) is 25.4. The number of amides is 1. The Morgan fingerprint density at radius 2 is 1.76 bits per heavy atom. The van der Waals surface area contributed by atoms with Crippen LogP contribution in [0.3, 0.4) is 0 Å². The molecule has 0 aliphatic carbocycles. The van der Waals surface area contributed by atoms with Crippen molar-refractivity contribution in [3.8, 4) is 5.75 Å². The second kappa shape index (κ2) is 9.84. The molecule has 0 fully saturated rings. The van der Waals surface area contributed by atoms with Crippen LogP contribution in [-0.4, -0.2) is 24.6 Å². The smallest absolute Gasteiger partial charge is 0.347 e. The summed E-state index contributed by atoms with van der Waals surface area (Å²) in [7, 11) is 0. The summed E-state index contributed by atoms with van der Waals surface area (Å²) in [5.74, 6) is -0.923. The van der Waals surface area contributed by atoms with Gasteiger partial charge in [0.2, 0.25) is 0 Å². The molecule has 2 aromatic carbocycles. The number of ether oxygens (including phenoxy) is 2. The summed E-state index contributed by atoms with van der Waals surface area (Å²) >= 11 is 1.47. The van der Waals surface area contributed by atoms with Crippen molar-refractivity contribution in [3.05, 3.63) is 88.4 Å². The molecule has 1 heterocycles. The molecule has 0 aliphatic rings. The maximum Gasteiger partial charge on any atom is 0.347 e. The number of carbonyl (C=O) groups excluding carboxylic acids is 2. The summed E-state index contributed by atoms with van der Waals surface area (Å²) in [6.45, 7) is 1.12. The maximum absolute atomic E-state index is 13.2. The van der Waals surface area contributed by atoms with Gasteiger partial charge in [-0.3, -0.25) is 4.79 Å². The first kappa shape index (κ1) is 20.5. The van der Waals surface area contributed by atoms with Crippen LogP contribution in [0.25, 0.3) is 0 Å². The maximum atomic E-state index is 13.2. The molecule has 150 valence electrons. The summed E-state index contributed by atoms with van der Waals surface area (Å²) in [5, 5.41) is 4.72. The minimum absolute atomic E-state index is 0.355. The molecule has 29 heavy (non-hydrogen) atoms. The van der Waals surface area contributed by atoms with E-state index in [2.05, 4.69) is 5.32 Å². The lowest BCUT2D eigenvalue weighted by atomic mass is 10.1. The van der Waals surface area contributed by atoms with Crippen LogP contribution < -0.4 is 10.1 Å². The Hall–Kier alpha value is -3.19. The quantitative estimate of drug-likeness (QED) is 0.565. The first-order chi connectivity index (χ1) is 14.0. The molecule has 0 radical (unpaired) electrons.